The lowest BCUT2D eigenvalue weighted by molar-refractivity contribution is -0.127. The summed E-state index contributed by atoms with van der Waals surface area (Å²) in [5, 5.41) is 12.6. The number of aliphatic hydroxyl groups excluding tert-OH is 1. The van der Waals surface area contributed by atoms with E-state index in [4.69, 9.17) is 37.8 Å². The Balaban J connectivity index is 1.65. The lowest BCUT2D eigenvalue weighted by Crippen LogP contribution is -2.41. The molecule has 3 aromatic rings. The van der Waals surface area contributed by atoms with Crippen LogP contribution in [0.4, 0.5) is 15.9 Å². The number of anilines is 2. The third-order valence-corrected chi connectivity index (χ3v) is 6.55. The van der Waals surface area contributed by atoms with Crippen molar-refractivity contribution in [1.29, 1.82) is 0 Å². The minimum Gasteiger partial charge on any atom is -0.490 e. The number of ether oxygens (including phenoxy) is 2. The van der Waals surface area contributed by atoms with Crippen LogP contribution in [0.5, 0.6) is 11.5 Å². The van der Waals surface area contributed by atoms with Gasteiger partial charge in [-0.3, -0.25) is 4.79 Å². The fraction of sp³-hybridized carbons (Fsp3) is 0.320. The number of halogens is 3. The molecule has 2 N–H and O–H groups in total. The molecule has 0 spiro atoms. The highest BCUT2D eigenvalue weighted by atomic mass is 35.5. The van der Waals surface area contributed by atoms with E-state index in [-0.39, 0.29) is 41.0 Å². The Labute approximate surface area is 217 Å². The maximum Gasteiger partial charge on any atom is 0.245 e. The van der Waals surface area contributed by atoms with Crippen LogP contribution in [0.15, 0.2) is 43.2 Å². The summed E-state index contributed by atoms with van der Waals surface area (Å²) >= 11 is 11.9. The van der Waals surface area contributed by atoms with E-state index in [1.165, 1.54) is 24.5 Å². The number of carbonyl (C=O) groups is 1. The molecule has 0 unspecified atom stereocenters. The van der Waals surface area contributed by atoms with Gasteiger partial charge in [-0.1, -0.05) is 29.8 Å². The maximum absolute atomic E-state index is 14.7. The van der Waals surface area contributed by atoms with Gasteiger partial charge in [-0.2, -0.15) is 0 Å². The van der Waals surface area contributed by atoms with Gasteiger partial charge < -0.3 is 24.8 Å². The first-order valence-corrected chi connectivity index (χ1v) is 12.2. The molecule has 1 amide bonds. The molecule has 1 saturated heterocycles. The van der Waals surface area contributed by atoms with Gasteiger partial charge in [-0.05, 0) is 24.3 Å². The van der Waals surface area contributed by atoms with Crippen LogP contribution in [-0.4, -0.2) is 58.3 Å². The van der Waals surface area contributed by atoms with Crippen molar-refractivity contribution in [2.24, 2.45) is 0 Å². The fourth-order valence-corrected chi connectivity index (χ4v) is 4.18. The summed E-state index contributed by atoms with van der Waals surface area (Å²) < 4.78 is 26.8. The SMILES string of the molecule is C=CC(=O)N1CCC(Oc2cc3c(Nc4ccc(Cl)c(Cl)c4F)ncnc3cc2OCCCO)CC1. The second-order valence-electron chi connectivity index (χ2n) is 8.16. The van der Waals surface area contributed by atoms with Crippen LogP contribution >= 0.6 is 23.2 Å². The lowest BCUT2D eigenvalue weighted by atomic mass is 10.1. The Kier molecular flexibility index (Phi) is 8.45. The van der Waals surface area contributed by atoms with Crippen LogP contribution in [0.2, 0.25) is 10.0 Å². The molecule has 0 bridgehead atoms. The van der Waals surface area contributed by atoms with E-state index in [1.54, 1.807) is 17.0 Å². The minimum absolute atomic E-state index is 0.00891. The van der Waals surface area contributed by atoms with Crippen LogP contribution in [0, 0.1) is 5.82 Å². The first-order valence-electron chi connectivity index (χ1n) is 11.4. The molecule has 0 radical (unpaired) electrons. The fourth-order valence-electron chi connectivity index (χ4n) is 3.87. The zero-order valence-corrected chi connectivity index (χ0v) is 20.9. The molecule has 1 aliphatic heterocycles. The number of likely N-dealkylation sites (tertiary alicyclic amines) is 1. The van der Waals surface area contributed by atoms with Gasteiger partial charge in [0.25, 0.3) is 0 Å². The number of hydrogen-bond donors (Lipinski definition) is 2. The number of aliphatic hydroxyl groups is 1. The molecule has 11 heteroatoms. The van der Waals surface area contributed by atoms with Gasteiger partial charge in [-0.25, -0.2) is 14.4 Å². The van der Waals surface area contributed by atoms with E-state index in [2.05, 4.69) is 21.9 Å². The Morgan fingerprint density at radius 1 is 1.25 bits per heavy atom. The standard InChI is InChI=1S/C25H25Cl2FN4O4/c1-2-22(34)32-8-6-15(7-9-32)36-21-12-16-19(13-20(21)35-11-3-10-33)29-14-30-25(16)31-18-5-4-17(26)23(27)24(18)28/h2,4-5,12-15,33H,1,3,6-11H2,(H,29,30,31). The topological polar surface area (TPSA) is 96.8 Å². The summed E-state index contributed by atoms with van der Waals surface area (Å²) in [6.45, 7) is 4.92. The molecule has 1 aliphatic rings. The van der Waals surface area contributed by atoms with Gasteiger partial charge in [-0.15, -0.1) is 0 Å². The molecule has 0 atom stereocenters. The number of aromatic nitrogens is 2. The molecule has 2 heterocycles. The average Bonchev–Trinajstić information content (AvgIpc) is 2.89. The molecule has 36 heavy (non-hydrogen) atoms. The molecule has 0 aliphatic carbocycles. The number of carbonyl (C=O) groups excluding carboxylic acids is 1. The summed E-state index contributed by atoms with van der Waals surface area (Å²) in [5.41, 5.74) is 0.653. The van der Waals surface area contributed by atoms with Gasteiger partial charge in [0, 0.05) is 50.4 Å². The maximum atomic E-state index is 14.7. The summed E-state index contributed by atoms with van der Waals surface area (Å²) in [6, 6.07) is 6.42. The minimum atomic E-state index is -0.697. The van der Waals surface area contributed by atoms with Crippen molar-refractivity contribution in [1.82, 2.24) is 14.9 Å². The number of nitrogens with one attached hydrogen (secondary N) is 1. The van der Waals surface area contributed by atoms with Gasteiger partial charge >= 0.3 is 0 Å². The Morgan fingerprint density at radius 3 is 2.75 bits per heavy atom. The van der Waals surface area contributed by atoms with Crippen LogP contribution < -0.4 is 14.8 Å². The summed E-state index contributed by atoms with van der Waals surface area (Å²) in [6.07, 6.45) is 4.24. The van der Waals surface area contributed by atoms with E-state index in [0.29, 0.717) is 60.6 Å². The highest BCUT2D eigenvalue weighted by Gasteiger charge is 2.24. The highest BCUT2D eigenvalue weighted by Crippen LogP contribution is 2.38. The molecule has 8 nitrogen and oxygen atoms in total. The first-order chi connectivity index (χ1) is 17.4. The number of amides is 1. The monoisotopic (exact) mass is 534 g/mol. The largest absolute Gasteiger partial charge is 0.490 e. The van der Waals surface area contributed by atoms with Crippen molar-refractivity contribution in [2.45, 2.75) is 25.4 Å². The van der Waals surface area contributed by atoms with Crippen molar-refractivity contribution in [3.8, 4) is 11.5 Å². The van der Waals surface area contributed by atoms with Gasteiger partial charge in [0.2, 0.25) is 5.91 Å². The molecule has 0 saturated carbocycles. The number of nitrogens with zero attached hydrogens (tertiary/aromatic N) is 3. The normalized spacial score (nSPS) is 14.1. The smallest absolute Gasteiger partial charge is 0.245 e. The number of hydrogen-bond acceptors (Lipinski definition) is 7. The van der Waals surface area contributed by atoms with E-state index in [9.17, 15) is 9.18 Å². The third-order valence-electron chi connectivity index (χ3n) is 5.77. The van der Waals surface area contributed by atoms with Gasteiger partial charge in [0.15, 0.2) is 17.3 Å². The molecule has 1 fully saturated rings. The van der Waals surface area contributed by atoms with Crippen molar-refractivity contribution >= 4 is 51.5 Å². The molecular formula is C25H25Cl2FN4O4. The Bertz CT molecular complexity index is 1270. The van der Waals surface area contributed by atoms with Crippen LogP contribution in [0.3, 0.4) is 0 Å². The van der Waals surface area contributed by atoms with Gasteiger partial charge in [0.05, 0.1) is 27.9 Å². The van der Waals surface area contributed by atoms with Crippen molar-refractivity contribution < 1.29 is 23.8 Å². The van der Waals surface area contributed by atoms with Gasteiger partial charge in [0.1, 0.15) is 18.2 Å². The number of benzene rings is 2. The summed E-state index contributed by atoms with van der Waals surface area (Å²) in [7, 11) is 0. The Hall–Kier alpha value is -3.14. The number of fused-ring (bicyclic) bond motifs is 1. The zero-order chi connectivity index (χ0) is 25.7. The van der Waals surface area contributed by atoms with Crippen LogP contribution in [0.1, 0.15) is 19.3 Å². The molecule has 2 aromatic carbocycles. The Morgan fingerprint density at radius 2 is 2.03 bits per heavy atom. The number of piperidine rings is 1. The summed E-state index contributed by atoms with van der Waals surface area (Å²) in [4.78, 5) is 22.2. The number of rotatable bonds is 9. The lowest BCUT2D eigenvalue weighted by Gasteiger charge is -2.32. The van der Waals surface area contributed by atoms with E-state index < -0.39 is 5.82 Å². The van der Waals surface area contributed by atoms with Crippen molar-refractivity contribution in [2.75, 3.05) is 31.6 Å². The second-order valence-corrected chi connectivity index (χ2v) is 8.94. The second kappa shape index (κ2) is 11.7. The molecule has 1 aromatic heterocycles. The highest BCUT2D eigenvalue weighted by molar-refractivity contribution is 6.42. The van der Waals surface area contributed by atoms with E-state index in [1.807, 2.05) is 0 Å². The predicted molar refractivity (Wildman–Crippen MR) is 137 cm³/mol. The van der Waals surface area contributed by atoms with Crippen molar-refractivity contribution in [3.05, 3.63) is 59.1 Å². The van der Waals surface area contributed by atoms with Crippen LogP contribution in [-0.2, 0) is 4.79 Å². The third kappa shape index (κ3) is 5.80. The zero-order valence-electron chi connectivity index (χ0n) is 19.3. The molecule has 4 rings (SSSR count). The van der Waals surface area contributed by atoms with Crippen LogP contribution in [0.25, 0.3) is 10.9 Å². The quantitative estimate of drug-likeness (QED) is 0.223. The predicted octanol–water partition coefficient (Wildman–Crippen LogP) is 5.14. The average molecular weight is 535 g/mol. The first kappa shape index (κ1) is 25.9. The van der Waals surface area contributed by atoms with E-state index in [0.717, 1.165) is 0 Å². The van der Waals surface area contributed by atoms with E-state index >= 15 is 0 Å². The molecule has 190 valence electrons. The summed E-state index contributed by atoms with van der Waals surface area (Å²) in [5.74, 6) is 0.467. The molecular weight excluding hydrogens is 510 g/mol. The van der Waals surface area contributed by atoms with Crippen molar-refractivity contribution in [3.63, 3.8) is 0 Å².